The number of ether oxygens (including phenoxy) is 2. The molecule has 3 rings (SSSR count). The zero-order valence-electron chi connectivity index (χ0n) is 17.7. The van der Waals surface area contributed by atoms with E-state index in [4.69, 9.17) is 4.74 Å². The summed E-state index contributed by atoms with van der Waals surface area (Å²) in [4.78, 5) is 38.4. The lowest BCUT2D eigenvalue weighted by Gasteiger charge is -2.32. The average molecular weight is 424 g/mol. The monoisotopic (exact) mass is 424 g/mol. The van der Waals surface area contributed by atoms with E-state index in [1.165, 1.54) is 7.11 Å². The quantitative estimate of drug-likeness (QED) is 0.659. The highest BCUT2D eigenvalue weighted by Crippen LogP contribution is 2.18. The first-order valence-electron chi connectivity index (χ1n) is 10.5. The number of likely N-dealkylation sites (tertiary alicyclic amines) is 1. The summed E-state index contributed by atoms with van der Waals surface area (Å²) in [5, 5.41) is 2.94. The van der Waals surface area contributed by atoms with Crippen LogP contribution in [-0.2, 0) is 20.9 Å². The lowest BCUT2D eigenvalue weighted by molar-refractivity contribution is -0.136. The first kappa shape index (κ1) is 22.3. The molecule has 0 radical (unpaired) electrons. The van der Waals surface area contributed by atoms with E-state index in [1.807, 2.05) is 30.3 Å². The van der Waals surface area contributed by atoms with Gasteiger partial charge in [-0.25, -0.2) is 4.79 Å². The van der Waals surface area contributed by atoms with Crippen LogP contribution in [0, 0.1) is 5.92 Å². The van der Waals surface area contributed by atoms with Crippen molar-refractivity contribution in [2.75, 3.05) is 26.8 Å². The lowest BCUT2D eigenvalue weighted by atomic mass is 9.96. The average Bonchev–Trinajstić information content (AvgIpc) is 2.83. The number of hydrogen-bond acceptors (Lipinski definition) is 5. The van der Waals surface area contributed by atoms with Gasteiger partial charge in [-0.3, -0.25) is 9.59 Å². The van der Waals surface area contributed by atoms with Crippen LogP contribution in [0.3, 0.4) is 0 Å². The fourth-order valence-corrected chi connectivity index (χ4v) is 3.56. The number of carbonyl (C=O) groups is 3. The van der Waals surface area contributed by atoms with Crippen LogP contribution in [0.1, 0.15) is 35.2 Å². The van der Waals surface area contributed by atoms with Gasteiger partial charge in [-0.2, -0.15) is 0 Å². The van der Waals surface area contributed by atoms with E-state index < -0.39 is 5.97 Å². The SMILES string of the molecule is COC(=O)c1ccc(CNC(=O)C2CCCN(C(=O)CCOc3ccccc3)C2)cc1. The summed E-state index contributed by atoms with van der Waals surface area (Å²) in [6.07, 6.45) is 1.85. The Bertz CT molecular complexity index is 883. The largest absolute Gasteiger partial charge is 0.493 e. The fraction of sp³-hybridized carbons (Fsp3) is 0.375. The zero-order chi connectivity index (χ0) is 22.1. The predicted octanol–water partition coefficient (Wildman–Crippen LogP) is 2.80. The molecule has 0 saturated carbocycles. The highest BCUT2D eigenvalue weighted by atomic mass is 16.5. The molecule has 1 N–H and O–H groups in total. The maximum atomic E-state index is 12.6. The predicted molar refractivity (Wildman–Crippen MR) is 115 cm³/mol. The van der Waals surface area contributed by atoms with E-state index >= 15 is 0 Å². The summed E-state index contributed by atoms with van der Waals surface area (Å²) in [5.41, 5.74) is 1.36. The van der Waals surface area contributed by atoms with E-state index in [0.29, 0.717) is 31.8 Å². The normalized spacial score (nSPS) is 15.8. The molecule has 0 aliphatic carbocycles. The van der Waals surface area contributed by atoms with Crippen LogP contribution < -0.4 is 10.1 Å². The van der Waals surface area contributed by atoms with Crippen molar-refractivity contribution in [2.24, 2.45) is 5.92 Å². The molecule has 1 unspecified atom stereocenters. The van der Waals surface area contributed by atoms with E-state index in [0.717, 1.165) is 24.2 Å². The molecular weight excluding hydrogens is 396 g/mol. The van der Waals surface area contributed by atoms with Crippen molar-refractivity contribution >= 4 is 17.8 Å². The van der Waals surface area contributed by atoms with Crippen molar-refractivity contribution in [3.05, 3.63) is 65.7 Å². The fourth-order valence-electron chi connectivity index (χ4n) is 3.56. The van der Waals surface area contributed by atoms with Crippen LogP contribution in [0.2, 0.25) is 0 Å². The number of benzene rings is 2. The Labute approximate surface area is 182 Å². The van der Waals surface area contributed by atoms with Gasteiger partial charge in [-0.1, -0.05) is 30.3 Å². The second kappa shape index (κ2) is 11.2. The Morgan fingerprint density at radius 3 is 2.52 bits per heavy atom. The number of piperidine rings is 1. The Morgan fingerprint density at radius 2 is 1.81 bits per heavy atom. The standard InChI is InChI=1S/C24H28N2O5/c1-30-24(29)19-11-9-18(10-12-19)16-25-23(28)20-6-5-14-26(17-20)22(27)13-15-31-21-7-3-2-4-8-21/h2-4,7-12,20H,5-6,13-17H2,1H3,(H,25,28). The smallest absolute Gasteiger partial charge is 0.337 e. The van der Waals surface area contributed by atoms with E-state index in [1.54, 1.807) is 29.2 Å². The maximum Gasteiger partial charge on any atom is 0.337 e. The second-order valence-corrected chi connectivity index (χ2v) is 7.50. The number of methoxy groups -OCH3 is 1. The van der Waals surface area contributed by atoms with Gasteiger partial charge in [-0.05, 0) is 42.7 Å². The third-order valence-electron chi connectivity index (χ3n) is 5.31. The van der Waals surface area contributed by atoms with Gasteiger partial charge in [0.1, 0.15) is 5.75 Å². The van der Waals surface area contributed by atoms with Crippen molar-refractivity contribution in [2.45, 2.75) is 25.8 Å². The molecule has 2 aromatic carbocycles. The minimum atomic E-state index is -0.392. The number of hydrogen-bond donors (Lipinski definition) is 1. The van der Waals surface area contributed by atoms with Crippen LogP contribution in [-0.4, -0.2) is 49.5 Å². The third-order valence-corrected chi connectivity index (χ3v) is 5.31. The molecule has 0 spiro atoms. The highest BCUT2D eigenvalue weighted by Gasteiger charge is 2.28. The van der Waals surface area contributed by atoms with Crippen molar-refractivity contribution in [3.63, 3.8) is 0 Å². The number of esters is 1. The van der Waals surface area contributed by atoms with Crippen molar-refractivity contribution in [1.29, 1.82) is 0 Å². The topological polar surface area (TPSA) is 84.9 Å². The van der Waals surface area contributed by atoms with E-state index in [9.17, 15) is 14.4 Å². The van der Waals surface area contributed by atoms with Crippen LogP contribution in [0.4, 0.5) is 0 Å². The van der Waals surface area contributed by atoms with Gasteiger partial charge >= 0.3 is 5.97 Å². The summed E-state index contributed by atoms with van der Waals surface area (Å²) in [6, 6.07) is 16.3. The molecule has 1 aliphatic rings. The van der Waals surface area contributed by atoms with Crippen molar-refractivity contribution in [3.8, 4) is 5.75 Å². The number of nitrogens with zero attached hydrogens (tertiary/aromatic N) is 1. The van der Waals surface area contributed by atoms with E-state index in [-0.39, 0.29) is 24.2 Å². The third kappa shape index (κ3) is 6.57. The molecule has 2 aromatic rings. The summed E-state index contributed by atoms with van der Waals surface area (Å²) in [6.45, 7) is 1.79. The molecule has 164 valence electrons. The molecule has 1 heterocycles. The Balaban J connectivity index is 1.43. The molecule has 1 aliphatic heterocycles. The van der Waals surface area contributed by atoms with Crippen molar-refractivity contribution < 1.29 is 23.9 Å². The maximum absolute atomic E-state index is 12.6. The summed E-state index contributed by atoms with van der Waals surface area (Å²) in [7, 11) is 1.34. The molecule has 0 bridgehead atoms. The number of nitrogens with one attached hydrogen (secondary N) is 1. The van der Waals surface area contributed by atoms with Crippen LogP contribution in [0.5, 0.6) is 5.75 Å². The molecule has 7 nitrogen and oxygen atoms in total. The van der Waals surface area contributed by atoms with Crippen LogP contribution in [0.25, 0.3) is 0 Å². The summed E-state index contributed by atoms with van der Waals surface area (Å²) >= 11 is 0. The first-order chi connectivity index (χ1) is 15.1. The van der Waals surface area contributed by atoms with Gasteiger partial charge < -0.3 is 19.7 Å². The number of para-hydroxylation sites is 1. The lowest BCUT2D eigenvalue weighted by Crippen LogP contribution is -2.45. The summed E-state index contributed by atoms with van der Waals surface area (Å²) < 4.78 is 10.3. The van der Waals surface area contributed by atoms with Crippen molar-refractivity contribution in [1.82, 2.24) is 10.2 Å². The minimum Gasteiger partial charge on any atom is -0.493 e. The Hall–Kier alpha value is -3.35. The van der Waals surface area contributed by atoms with Crippen LogP contribution in [0.15, 0.2) is 54.6 Å². The first-order valence-corrected chi connectivity index (χ1v) is 10.5. The molecular formula is C24H28N2O5. The molecule has 2 amide bonds. The second-order valence-electron chi connectivity index (χ2n) is 7.50. The number of carbonyl (C=O) groups excluding carboxylic acids is 3. The molecule has 1 saturated heterocycles. The van der Waals surface area contributed by atoms with Gasteiger partial charge in [0, 0.05) is 19.6 Å². The molecule has 7 heteroatoms. The molecule has 0 aromatic heterocycles. The number of rotatable bonds is 8. The molecule has 1 atom stereocenters. The zero-order valence-corrected chi connectivity index (χ0v) is 17.7. The van der Waals surface area contributed by atoms with Gasteiger partial charge in [0.15, 0.2) is 0 Å². The molecule has 1 fully saturated rings. The molecule has 31 heavy (non-hydrogen) atoms. The van der Waals surface area contributed by atoms with Gasteiger partial charge in [0.05, 0.1) is 31.6 Å². The van der Waals surface area contributed by atoms with Gasteiger partial charge in [0.25, 0.3) is 0 Å². The van der Waals surface area contributed by atoms with Gasteiger partial charge in [0.2, 0.25) is 11.8 Å². The minimum absolute atomic E-state index is 0.00632. The Morgan fingerprint density at radius 1 is 1.06 bits per heavy atom. The Kier molecular flexibility index (Phi) is 8.04. The van der Waals surface area contributed by atoms with Gasteiger partial charge in [-0.15, -0.1) is 0 Å². The summed E-state index contributed by atoms with van der Waals surface area (Å²) in [5.74, 6) is 0.0755. The number of amides is 2. The highest BCUT2D eigenvalue weighted by molar-refractivity contribution is 5.89. The van der Waals surface area contributed by atoms with E-state index in [2.05, 4.69) is 10.1 Å². The van der Waals surface area contributed by atoms with Crippen LogP contribution >= 0.6 is 0 Å².